The number of nitrogens with one attached hydrogen (secondary N) is 1. The van der Waals surface area contributed by atoms with Crippen molar-refractivity contribution in [1.82, 2.24) is 0 Å². The molecule has 0 amide bonds. The highest BCUT2D eigenvalue weighted by molar-refractivity contribution is 7.92. The van der Waals surface area contributed by atoms with Gasteiger partial charge in [0.2, 0.25) is 0 Å². The quantitative estimate of drug-likeness (QED) is 0.893. The fraction of sp³-hybridized carbons (Fsp3) is 0.538. The molecule has 0 saturated heterocycles. The number of rotatable bonds is 4. The van der Waals surface area contributed by atoms with Crippen LogP contribution in [0, 0.1) is 5.92 Å². The summed E-state index contributed by atoms with van der Waals surface area (Å²) in [5.74, 6) is 0.145. The van der Waals surface area contributed by atoms with Crippen LogP contribution < -0.4 is 11.1 Å². The van der Waals surface area contributed by atoms with Crippen molar-refractivity contribution < 1.29 is 21.6 Å². The van der Waals surface area contributed by atoms with Gasteiger partial charge in [0.05, 0.1) is 10.6 Å². The van der Waals surface area contributed by atoms with E-state index in [2.05, 4.69) is 5.32 Å². The lowest BCUT2D eigenvalue weighted by atomic mass is 10.0. The third-order valence-electron chi connectivity index (χ3n) is 3.78. The molecule has 1 aliphatic carbocycles. The summed E-state index contributed by atoms with van der Waals surface area (Å²) in [5.41, 5.74) is 0.307. The van der Waals surface area contributed by atoms with Crippen molar-refractivity contribution in [2.24, 2.45) is 11.7 Å². The smallest absolute Gasteiger partial charge is 0.381 e. The minimum atomic E-state index is -5.37. The van der Waals surface area contributed by atoms with E-state index in [4.69, 9.17) is 5.73 Å². The van der Waals surface area contributed by atoms with Gasteiger partial charge in [-0.05, 0) is 37.4 Å². The van der Waals surface area contributed by atoms with Crippen molar-refractivity contribution in [2.75, 3.05) is 11.9 Å². The molecule has 0 spiro atoms. The SMILES string of the molecule is NCC1CCCC1Nc1ccccc1S(=O)(=O)C(F)(F)F. The van der Waals surface area contributed by atoms with Crippen LogP contribution in [0.25, 0.3) is 0 Å². The Labute approximate surface area is 121 Å². The lowest BCUT2D eigenvalue weighted by Gasteiger charge is -2.22. The number of sulfone groups is 1. The predicted molar refractivity (Wildman–Crippen MR) is 73.5 cm³/mol. The van der Waals surface area contributed by atoms with Gasteiger partial charge in [0.25, 0.3) is 9.84 Å². The van der Waals surface area contributed by atoms with E-state index in [-0.39, 0.29) is 17.6 Å². The summed E-state index contributed by atoms with van der Waals surface area (Å²) >= 11 is 0. The second-order valence-corrected chi connectivity index (χ2v) is 7.03. The summed E-state index contributed by atoms with van der Waals surface area (Å²) in [4.78, 5) is -0.736. The van der Waals surface area contributed by atoms with E-state index < -0.39 is 20.2 Å². The zero-order valence-electron chi connectivity index (χ0n) is 11.2. The molecular formula is C13H17F3N2O2S. The van der Waals surface area contributed by atoms with Crippen LogP contribution in [0.3, 0.4) is 0 Å². The van der Waals surface area contributed by atoms with Crippen LogP contribution in [0.4, 0.5) is 18.9 Å². The van der Waals surface area contributed by atoms with Gasteiger partial charge in [-0.15, -0.1) is 0 Å². The van der Waals surface area contributed by atoms with E-state index in [1.165, 1.54) is 18.2 Å². The molecule has 21 heavy (non-hydrogen) atoms. The van der Waals surface area contributed by atoms with Crippen LogP contribution >= 0.6 is 0 Å². The van der Waals surface area contributed by atoms with E-state index in [1.807, 2.05) is 0 Å². The van der Waals surface area contributed by atoms with Gasteiger partial charge >= 0.3 is 5.51 Å². The Kier molecular flexibility index (Phi) is 4.48. The van der Waals surface area contributed by atoms with Gasteiger partial charge < -0.3 is 11.1 Å². The first kappa shape index (κ1) is 16.1. The summed E-state index contributed by atoms with van der Waals surface area (Å²) in [7, 11) is -5.37. The number of halogens is 3. The second-order valence-electron chi connectivity index (χ2n) is 5.12. The van der Waals surface area contributed by atoms with Crippen LogP contribution in [0.5, 0.6) is 0 Å². The highest BCUT2D eigenvalue weighted by Gasteiger charge is 2.48. The average Bonchev–Trinajstić information content (AvgIpc) is 2.85. The first-order valence-corrected chi connectivity index (χ1v) is 8.12. The molecule has 2 atom stereocenters. The van der Waals surface area contributed by atoms with Crippen molar-refractivity contribution in [3.8, 4) is 0 Å². The summed E-state index contributed by atoms with van der Waals surface area (Å²) in [6.45, 7) is 0.422. The third-order valence-corrected chi connectivity index (χ3v) is 5.33. The maximum Gasteiger partial charge on any atom is 0.501 e. The number of alkyl halides is 3. The van der Waals surface area contributed by atoms with E-state index in [0.717, 1.165) is 25.3 Å². The summed E-state index contributed by atoms with van der Waals surface area (Å²) in [5, 5.41) is 2.93. The van der Waals surface area contributed by atoms with Crippen molar-refractivity contribution in [3.63, 3.8) is 0 Å². The maximum atomic E-state index is 12.7. The summed E-state index contributed by atoms with van der Waals surface area (Å²) in [6, 6.07) is 5.00. The molecule has 0 bridgehead atoms. The number of benzene rings is 1. The first-order valence-electron chi connectivity index (χ1n) is 6.64. The van der Waals surface area contributed by atoms with Gasteiger partial charge in [-0.2, -0.15) is 13.2 Å². The lowest BCUT2D eigenvalue weighted by Crippen LogP contribution is -2.31. The topological polar surface area (TPSA) is 72.2 Å². The molecule has 2 rings (SSSR count). The Balaban J connectivity index is 2.34. The fourth-order valence-corrected chi connectivity index (χ4v) is 3.58. The minimum Gasteiger partial charge on any atom is -0.381 e. The Morgan fingerprint density at radius 1 is 1.24 bits per heavy atom. The largest absolute Gasteiger partial charge is 0.501 e. The van der Waals surface area contributed by atoms with E-state index in [1.54, 1.807) is 0 Å². The second kappa shape index (κ2) is 5.84. The lowest BCUT2D eigenvalue weighted by molar-refractivity contribution is -0.0435. The molecule has 0 aliphatic heterocycles. The number of anilines is 1. The molecule has 4 nitrogen and oxygen atoms in total. The normalized spacial score (nSPS) is 23.2. The molecule has 118 valence electrons. The van der Waals surface area contributed by atoms with E-state index in [0.29, 0.717) is 6.54 Å². The van der Waals surface area contributed by atoms with Crippen molar-refractivity contribution in [1.29, 1.82) is 0 Å². The summed E-state index contributed by atoms with van der Waals surface area (Å²) < 4.78 is 61.4. The standard InChI is InChI=1S/C13H17F3N2O2S/c14-13(15,16)21(19,20)12-7-2-1-5-11(12)18-10-6-3-4-9(10)8-17/h1-2,5,7,9-10,18H,3-4,6,8,17H2. The molecule has 0 heterocycles. The Hall–Kier alpha value is -1.28. The van der Waals surface area contributed by atoms with E-state index >= 15 is 0 Å². The van der Waals surface area contributed by atoms with Gasteiger partial charge in [-0.1, -0.05) is 18.6 Å². The van der Waals surface area contributed by atoms with Gasteiger partial charge in [0.1, 0.15) is 0 Å². The first-order chi connectivity index (χ1) is 9.77. The number of para-hydroxylation sites is 1. The van der Waals surface area contributed by atoms with Gasteiger partial charge in [0, 0.05) is 6.04 Å². The van der Waals surface area contributed by atoms with Crippen LogP contribution in [0.1, 0.15) is 19.3 Å². The number of nitrogens with two attached hydrogens (primary N) is 1. The Morgan fingerprint density at radius 3 is 2.52 bits per heavy atom. The monoisotopic (exact) mass is 322 g/mol. The molecule has 1 fully saturated rings. The number of hydrogen-bond donors (Lipinski definition) is 2. The average molecular weight is 322 g/mol. The predicted octanol–water partition coefficient (Wildman–Crippen LogP) is 2.52. The van der Waals surface area contributed by atoms with Crippen LogP contribution in [0.15, 0.2) is 29.2 Å². The highest BCUT2D eigenvalue weighted by Crippen LogP contribution is 2.36. The van der Waals surface area contributed by atoms with Crippen LogP contribution in [-0.2, 0) is 9.84 Å². The molecule has 1 aliphatic rings. The van der Waals surface area contributed by atoms with Crippen molar-refractivity contribution in [3.05, 3.63) is 24.3 Å². The van der Waals surface area contributed by atoms with Crippen molar-refractivity contribution >= 4 is 15.5 Å². The third kappa shape index (κ3) is 3.16. The minimum absolute atomic E-state index is 0.0137. The zero-order valence-corrected chi connectivity index (χ0v) is 12.0. The molecule has 1 saturated carbocycles. The van der Waals surface area contributed by atoms with E-state index in [9.17, 15) is 21.6 Å². The fourth-order valence-electron chi connectivity index (χ4n) is 2.65. The highest BCUT2D eigenvalue weighted by atomic mass is 32.2. The molecule has 8 heteroatoms. The van der Waals surface area contributed by atoms with Gasteiger partial charge in [-0.25, -0.2) is 8.42 Å². The molecule has 3 N–H and O–H groups in total. The van der Waals surface area contributed by atoms with Crippen LogP contribution in [-0.4, -0.2) is 26.5 Å². The Morgan fingerprint density at radius 2 is 1.90 bits per heavy atom. The Bertz CT molecular complexity index is 602. The maximum absolute atomic E-state index is 12.7. The molecule has 1 aromatic carbocycles. The molecular weight excluding hydrogens is 305 g/mol. The van der Waals surface area contributed by atoms with Crippen molar-refractivity contribution in [2.45, 2.75) is 35.7 Å². The molecule has 2 unspecified atom stereocenters. The van der Waals surface area contributed by atoms with Gasteiger partial charge in [-0.3, -0.25) is 0 Å². The number of hydrogen-bond acceptors (Lipinski definition) is 4. The molecule has 1 aromatic rings. The zero-order chi connectivity index (χ0) is 15.7. The molecule has 0 aromatic heterocycles. The molecule has 0 radical (unpaired) electrons. The van der Waals surface area contributed by atoms with Crippen LogP contribution in [0.2, 0.25) is 0 Å². The van der Waals surface area contributed by atoms with Gasteiger partial charge in [0.15, 0.2) is 0 Å². The summed E-state index contributed by atoms with van der Waals surface area (Å²) in [6.07, 6.45) is 2.58.